The number of anilines is 1. The first-order chi connectivity index (χ1) is 9.88. The third kappa shape index (κ3) is 3.21. The highest BCUT2D eigenvalue weighted by Crippen LogP contribution is 2.37. The van der Waals surface area contributed by atoms with Gasteiger partial charge in [0, 0.05) is 24.8 Å². The molecule has 0 aliphatic rings. The molecule has 1 atom stereocenters. The van der Waals surface area contributed by atoms with Crippen LogP contribution in [0.1, 0.15) is 52.4 Å². The lowest BCUT2D eigenvalue weighted by Gasteiger charge is -2.33. The summed E-state index contributed by atoms with van der Waals surface area (Å²) in [6, 6.07) is 6.13. The molecule has 0 spiro atoms. The first-order valence-electron chi connectivity index (χ1n) is 7.75. The third-order valence-corrected chi connectivity index (χ3v) is 3.97. The number of hydrogen-bond donors (Lipinski definition) is 2. The summed E-state index contributed by atoms with van der Waals surface area (Å²) in [6.07, 6.45) is 2.72. The number of nitrogens with two attached hydrogens (primary N) is 1. The zero-order valence-corrected chi connectivity index (χ0v) is 13.6. The van der Waals surface area contributed by atoms with Crippen molar-refractivity contribution in [2.75, 3.05) is 12.3 Å². The number of imidazole rings is 1. The van der Waals surface area contributed by atoms with Crippen LogP contribution in [-0.4, -0.2) is 21.3 Å². The third-order valence-electron chi connectivity index (χ3n) is 3.97. The van der Waals surface area contributed by atoms with Crippen LogP contribution in [0, 0.1) is 5.41 Å². The average molecular weight is 289 g/mol. The largest absolute Gasteiger partial charge is 0.399 e. The number of aryl methyl sites for hydroxylation is 1. The van der Waals surface area contributed by atoms with Crippen LogP contribution in [0.25, 0.3) is 11.0 Å². The van der Waals surface area contributed by atoms with Crippen LogP contribution in [0.4, 0.5) is 5.69 Å². The average Bonchev–Trinajstić information content (AvgIpc) is 2.72. The fourth-order valence-corrected chi connectivity index (χ4v) is 2.99. The predicted molar refractivity (Wildman–Crippen MR) is 88.3 cm³/mol. The molecule has 1 heterocycles. The molecule has 0 radical (unpaired) electrons. The van der Waals surface area contributed by atoms with Crippen molar-refractivity contribution in [2.24, 2.45) is 5.41 Å². The monoisotopic (exact) mass is 289 g/mol. The maximum absolute atomic E-state index is 9.48. The number of nitrogen functional groups attached to an aromatic ring is 1. The van der Waals surface area contributed by atoms with Gasteiger partial charge in [-0.25, -0.2) is 4.98 Å². The molecule has 116 valence electrons. The van der Waals surface area contributed by atoms with Gasteiger partial charge in [-0.3, -0.25) is 0 Å². The zero-order chi connectivity index (χ0) is 15.6. The first kappa shape index (κ1) is 15.8. The lowest BCUT2D eigenvalue weighted by Crippen LogP contribution is -2.27. The van der Waals surface area contributed by atoms with Crippen molar-refractivity contribution in [3.63, 3.8) is 0 Å². The van der Waals surface area contributed by atoms with Crippen molar-refractivity contribution in [3.05, 3.63) is 24.0 Å². The number of nitrogens with zero attached hydrogens (tertiary/aromatic N) is 2. The number of rotatable bonds is 5. The van der Waals surface area contributed by atoms with E-state index in [1.807, 2.05) is 18.2 Å². The lowest BCUT2D eigenvalue weighted by atomic mass is 9.84. The van der Waals surface area contributed by atoms with E-state index < -0.39 is 0 Å². The van der Waals surface area contributed by atoms with E-state index in [9.17, 15) is 5.11 Å². The second-order valence-corrected chi connectivity index (χ2v) is 6.79. The molecule has 0 aliphatic carbocycles. The van der Waals surface area contributed by atoms with E-state index in [1.54, 1.807) is 0 Å². The Hall–Kier alpha value is -1.55. The first-order valence-corrected chi connectivity index (χ1v) is 7.75. The zero-order valence-electron chi connectivity index (χ0n) is 13.6. The number of hydrogen-bond acceptors (Lipinski definition) is 3. The maximum Gasteiger partial charge on any atom is 0.110 e. The van der Waals surface area contributed by atoms with Crippen LogP contribution in [0.5, 0.6) is 0 Å². The van der Waals surface area contributed by atoms with Gasteiger partial charge in [-0.15, -0.1) is 0 Å². The summed E-state index contributed by atoms with van der Waals surface area (Å²) in [4.78, 5) is 4.78. The number of aromatic nitrogens is 2. The fourth-order valence-electron chi connectivity index (χ4n) is 2.99. The van der Waals surface area contributed by atoms with Crippen LogP contribution in [0.2, 0.25) is 0 Å². The van der Waals surface area contributed by atoms with E-state index in [4.69, 9.17) is 10.7 Å². The molecule has 0 fully saturated rings. The summed E-state index contributed by atoms with van der Waals surface area (Å²) in [5.41, 5.74) is 8.75. The van der Waals surface area contributed by atoms with Gasteiger partial charge in [-0.2, -0.15) is 0 Å². The van der Waals surface area contributed by atoms with Crippen LogP contribution < -0.4 is 5.73 Å². The van der Waals surface area contributed by atoms with E-state index in [1.165, 1.54) is 0 Å². The molecule has 2 aromatic rings. The normalized spacial score (nSPS) is 13.8. The second-order valence-electron chi connectivity index (χ2n) is 6.79. The van der Waals surface area contributed by atoms with E-state index in [2.05, 4.69) is 32.3 Å². The lowest BCUT2D eigenvalue weighted by molar-refractivity contribution is 0.178. The molecule has 0 saturated heterocycles. The topological polar surface area (TPSA) is 64.1 Å². The van der Waals surface area contributed by atoms with Gasteiger partial charge in [0.05, 0.1) is 11.0 Å². The summed E-state index contributed by atoms with van der Waals surface area (Å²) in [7, 11) is 0. The summed E-state index contributed by atoms with van der Waals surface area (Å²) < 4.78 is 2.31. The van der Waals surface area contributed by atoms with E-state index >= 15 is 0 Å². The SMILES string of the molecule is CCCc1nc2cc(N)ccc2n1C(CCO)C(C)(C)C. The molecular formula is C17H27N3O. The van der Waals surface area contributed by atoms with Crippen LogP contribution in [-0.2, 0) is 6.42 Å². The van der Waals surface area contributed by atoms with Gasteiger partial charge in [-0.05, 0) is 36.5 Å². The molecule has 0 aliphatic heterocycles. The fraction of sp³-hybridized carbons (Fsp3) is 0.588. The van der Waals surface area contributed by atoms with Crippen LogP contribution >= 0.6 is 0 Å². The molecule has 0 bridgehead atoms. The van der Waals surface area contributed by atoms with Crippen molar-refractivity contribution < 1.29 is 5.11 Å². The van der Waals surface area contributed by atoms with Gasteiger partial charge >= 0.3 is 0 Å². The summed E-state index contributed by atoms with van der Waals surface area (Å²) >= 11 is 0. The maximum atomic E-state index is 9.48. The molecule has 2 rings (SSSR count). The molecule has 1 unspecified atom stereocenters. The van der Waals surface area contributed by atoms with Crippen LogP contribution in [0.3, 0.4) is 0 Å². The van der Waals surface area contributed by atoms with E-state index in [0.717, 1.165) is 41.8 Å². The number of aliphatic hydroxyl groups excluding tert-OH is 1. The quantitative estimate of drug-likeness (QED) is 0.827. The van der Waals surface area contributed by atoms with Gasteiger partial charge in [0.1, 0.15) is 5.82 Å². The smallest absolute Gasteiger partial charge is 0.110 e. The summed E-state index contributed by atoms with van der Waals surface area (Å²) in [6.45, 7) is 8.99. The Morgan fingerprint density at radius 1 is 1.33 bits per heavy atom. The minimum atomic E-state index is 0.0558. The number of fused-ring (bicyclic) bond motifs is 1. The molecule has 0 amide bonds. The Bertz CT molecular complexity index is 610. The molecule has 21 heavy (non-hydrogen) atoms. The second kappa shape index (κ2) is 6.06. The van der Waals surface area contributed by atoms with E-state index in [0.29, 0.717) is 0 Å². The van der Waals surface area contributed by atoms with Gasteiger partial charge < -0.3 is 15.4 Å². The molecule has 4 nitrogen and oxygen atoms in total. The van der Waals surface area contributed by atoms with Gasteiger partial charge in [0.25, 0.3) is 0 Å². The highest BCUT2D eigenvalue weighted by molar-refractivity contribution is 5.79. The van der Waals surface area contributed by atoms with Gasteiger partial charge in [0.2, 0.25) is 0 Å². The number of benzene rings is 1. The molecule has 4 heteroatoms. The van der Waals surface area contributed by atoms with Crippen molar-refractivity contribution in [1.82, 2.24) is 9.55 Å². The Kier molecular flexibility index (Phi) is 4.57. The highest BCUT2D eigenvalue weighted by atomic mass is 16.3. The molecule has 1 aromatic carbocycles. The van der Waals surface area contributed by atoms with Crippen molar-refractivity contribution in [2.45, 2.75) is 53.0 Å². The van der Waals surface area contributed by atoms with E-state index in [-0.39, 0.29) is 18.1 Å². The minimum absolute atomic E-state index is 0.0558. The Morgan fingerprint density at radius 2 is 2.05 bits per heavy atom. The Morgan fingerprint density at radius 3 is 2.62 bits per heavy atom. The number of aliphatic hydroxyl groups is 1. The highest BCUT2D eigenvalue weighted by Gasteiger charge is 2.29. The van der Waals surface area contributed by atoms with Crippen molar-refractivity contribution in [3.8, 4) is 0 Å². The Balaban J connectivity index is 2.65. The Labute approximate surface area is 127 Å². The summed E-state index contributed by atoms with van der Waals surface area (Å²) in [5.74, 6) is 1.09. The van der Waals surface area contributed by atoms with Gasteiger partial charge in [0.15, 0.2) is 0 Å². The summed E-state index contributed by atoms with van der Waals surface area (Å²) in [5, 5.41) is 9.48. The van der Waals surface area contributed by atoms with Crippen molar-refractivity contribution >= 4 is 16.7 Å². The minimum Gasteiger partial charge on any atom is -0.399 e. The molecule has 3 N–H and O–H groups in total. The predicted octanol–water partition coefficient (Wildman–Crippen LogP) is 3.54. The van der Waals surface area contributed by atoms with Crippen molar-refractivity contribution in [1.29, 1.82) is 0 Å². The molecule has 1 aromatic heterocycles. The van der Waals surface area contributed by atoms with Crippen LogP contribution in [0.15, 0.2) is 18.2 Å². The van der Waals surface area contributed by atoms with Gasteiger partial charge in [-0.1, -0.05) is 27.7 Å². The molecule has 0 saturated carbocycles. The standard InChI is InChI=1S/C17H27N3O/c1-5-6-16-19-13-11-12(18)7-8-14(13)20(16)15(9-10-21)17(2,3)4/h7-8,11,15,21H,5-6,9-10,18H2,1-4H3. The molecular weight excluding hydrogens is 262 g/mol.